The van der Waals surface area contributed by atoms with E-state index >= 15 is 0 Å². The van der Waals surface area contributed by atoms with Gasteiger partial charge in [0.1, 0.15) is 11.8 Å². The lowest BCUT2D eigenvalue weighted by molar-refractivity contribution is -0.137. The second-order valence-corrected chi connectivity index (χ2v) is 10.2. The van der Waals surface area contributed by atoms with Crippen molar-refractivity contribution in [1.82, 2.24) is 25.8 Å². The third-order valence-corrected chi connectivity index (χ3v) is 7.27. The molecule has 2 aromatic carbocycles. The van der Waals surface area contributed by atoms with E-state index in [4.69, 9.17) is 4.74 Å². The maximum Gasteiger partial charge on any atom is 0.325 e. The summed E-state index contributed by atoms with van der Waals surface area (Å²) in [6, 6.07) is 9.29. The minimum absolute atomic E-state index is 0.197. The predicted molar refractivity (Wildman–Crippen MR) is 144 cm³/mol. The molecule has 0 aromatic heterocycles. The fourth-order valence-corrected chi connectivity index (χ4v) is 5.09. The number of nitrogens with one attached hydrogen (secondary N) is 4. The Bertz CT molecular complexity index is 1350. The molecule has 0 spiro atoms. The van der Waals surface area contributed by atoms with Gasteiger partial charge in [-0.2, -0.15) is 0 Å². The van der Waals surface area contributed by atoms with Gasteiger partial charge in [0.2, 0.25) is 11.8 Å². The first-order valence-electron chi connectivity index (χ1n) is 13.3. The molecule has 5 rings (SSSR count). The molecule has 2 fully saturated rings. The summed E-state index contributed by atoms with van der Waals surface area (Å²) in [5.74, 6) is -0.986. The standard InChI is InChI=1S/C28H32N6O6/c1-17-2-4-20(13-23(17)40-25(36)16-33-10-8-29-9-11-33)31-28(39)30-14-18-3-5-21-19(12-18)15-34(27(21)38)22-6-7-24(35)32-26(22)37/h2-5,12-13,22,29H,6-11,14-16H2,1H3,(H2,30,31,39)(H,32,35,37). The van der Waals surface area contributed by atoms with Crippen molar-refractivity contribution in [3.63, 3.8) is 0 Å². The largest absolute Gasteiger partial charge is 0.425 e. The van der Waals surface area contributed by atoms with E-state index < -0.39 is 18.0 Å². The lowest BCUT2D eigenvalue weighted by atomic mass is 10.0. The van der Waals surface area contributed by atoms with Gasteiger partial charge in [0.05, 0.1) is 6.54 Å². The van der Waals surface area contributed by atoms with Crippen molar-refractivity contribution < 1.29 is 28.7 Å². The quantitative estimate of drug-likeness (QED) is 0.226. The van der Waals surface area contributed by atoms with Crippen LogP contribution in [-0.2, 0) is 27.5 Å². The first kappa shape index (κ1) is 27.3. The average Bonchev–Trinajstić information content (AvgIpc) is 3.25. The van der Waals surface area contributed by atoms with Gasteiger partial charge in [-0.15, -0.1) is 0 Å². The number of carbonyl (C=O) groups is 5. The number of anilines is 1. The van der Waals surface area contributed by atoms with Crippen molar-refractivity contribution in [1.29, 1.82) is 0 Å². The molecule has 12 nitrogen and oxygen atoms in total. The van der Waals surface area contributed by atoms with E-state index in [9.17, 15) is 24.0 Å². The molecule has 5 amide bonds. The molecule has 0 bridgehead atoms. The van der Waals surface area contributed by atoms with Crippen molar-refractivity contribution in [2.45, 2.75) is 38.9 Å². The maximum atomic E-state index is 12.9. The number of benzene rings is 2. The van der Waals surface area contributed by atoms with Gasteiger partial charge in [0, 0.05) is 63.0 Å². The first-order valence-corrected chi connectivity index (χ1v) is 13.3. The molecule has 0 saturated carbocycles. The predicted octanol–water partition coefficient (Wildman–Crippen LogP) is 0.888. The van der Waals surface area contributed by atoms with Crippen LogP contribution >= 0.6 is 0 Å². The summed E-state index contributed by atoms with van der Waals surface area (Å²) in [7, 11) is 0. The number of aryl methyl sites for hydroxylation is 1. The summed E-state index contributed by atoms with van der Waals surface area (Å²) in [6.07, 6.45) is 0.497. The first-order chi connectivity index (χ1) is 19.3. The van der Waals surface area contributed by atoms with Crippen LogP contribution in [0.3, 0.4) is 0 Å². The summed E-state index contributed by atoms with van der Waals surface area (Å²) in [5.41, 5.74) is 3.32. The van der Waals surface area contributed by atoms with Gasteiger partial charge < -0.3 is 25.6 Å². The highest BCUT2D eigenvalue weighted by Crippen LogP contribution is 2.28. The number of nitrogens with zero attached hydrogens (tertiary/aromatic N) is 2. The molecular formula is C28H32N6O6. The van der Waals surface area contributed by atoms with Gasteiger partial charge >= 0.3 is 12.0 Å². The third kappa shape index (κ3) is 6.29. The van der Waals surface area contributed by atoms with E-state index in [1.807, 2.05) is 17.9 Å². The van der Waals surface area contributed by atoms with Gasteiger partial charge in [-0.05, 0) is 42.2 Å². The van der Waals surface area contributed by atoms with E-state index in [-0.39, 0.29) is 43.8 Å². The number of fused-ring (bicyclic) bond motifs is 1. The Morgan fingerprint density at radius 2 is 1.88 bits per heavy atom. The van der Waals surface area contributed by atoms with Gasteiger partial charge in [-0.25, -0.2) is 4.79 Å². The van der Waals surface area contributed by atoms with Crippen LogP contribution in [0.1, 0.15) is 39.9 Å². The fraction of sp³-hybridized carbons (Fsp3) is 0.393. The van der Waals surface area contributed by atoms with Crippen LogP contribution in [0.2, 0.25) is 0 Å². The number of hydrogen-bond donors (Lipinski definition) is 4. The Morgan fingerprint density at radius 1 is 1.07 bits per heavy atom. The molecule has 1 unspecified atom stereocenters. The van der Waals surface area contributed by atoms with Crippen LogP contribution in [0.4, 0.5) is 10.5 Å². The van der Waals surface area contributed by atoms with Crippen molar-refractivity contribution in [3.8, 4) is 5.75 Å². The minimum Gasteiger partial charge on any atom is -0.425 e. The average molecular weight is 549 g/mol. The number of amides is 5. The zero-order valence-corrected chi connectivity index (χ0v) is 22.2. The van der Waals surface area contributed by atoms with Crippen LogP contribution in [0.5, 0.6) is 5.75 Å². The smallest absolute Gasteiger partial charge is 0.325 e. The van der Waals surface area contributed by atoms with Gasteiger partial charge in [0.15, 0.2) is 0 Å². The highest BCUT2D eigenvalue weighted by Gasteiger charge is 2.39. The lowest BCUT2D eigenvalue weighted by Crippen LogP contribution is -2.52. The van der Waals surface area contributed by atoms with E-state index in [1.165, 1.54) is 4.90 Å². The fourth-order valence-electron chi connectivity index (χ4n) is 5.09. The number of imide groups is 1. The highest BCUT2D eigenvalue weighted by atomic mass is 16.5. The highest BCUT2D eigenvalue weighted by molar-refractivity contribution is 6.05. The molecule has 40 heavy (non-hydrogen) atoms. The van der Waals surface area contributed by atoms with Crippen LogP contribution in [0.15, 0.2) is 36.4 Å². The second kappa shape index (κ2) is 11.8. The molecule has 1 atom stereocenters. The molecule has 3 aliphatic heterocycles. The summed E-state index contributed by atoms with van der Waals surface area (Å²) >= 11 is 0. The molecule has 2 aromatic rings. The topological polar surface area (TPSA) is 149 Å². The summed E-state index contributed by atoms with van der Waals surface area (Å²) < 4.78 is 5.57. The molecule has 12 heteroatoms. The number of ether oxygens (including phenoxy) is 1. The van der Waals surface area contributed by atoms with Crippen LogP contribution in [0, 0.1) is 6.92 Å². The van der Waals surface area contributed by atoms with E-state index in [0.717, 1.165) is 42.9 Å². The Labute approximate surface area is 231 Å². The summed E-state index contributed by atoms with van der Waals surface area (Å²) in [6.45, 7) is 5.76. The molecule has 3 heterocycles. The van der Waals surface area contributed by atoms with Crippen LogP contribution in [-0.4, -0.2) is 78.3 Å². The van der Waals surface area contributed by atoms with Crippen molar-refractivity contribution in [2.24, 2.45) is 0 Å². The Hall–Kier alpha value is -4.29. The molecule has 0 aliphatic carbocycles. The van der Waals surface area contributed by atoms with Gasteiger partial charge in [-0.3, -0.25) is 29.4 Å². The SMILES string of the molecule is Cc1ccc(NC(=O)NCc2ccc3c(c2)CN(C2CCC(=O)NC2=O)C3=O)cc1OC(=O)CN1CCNCC1. The Morgan fingerprint density at radius 3 is 2.65 bits per heavy atom. The zero-order valence-electron chi connectivity index (χ0n) is 22.2. The van der Waals surface area contributed by atoms with E-state index in [1.54, 1.807) is 30.3 Å². The molecular weight excluding hydrogens is 516 g/mol. The van der Waals surface area contributed by atoms with Crippen molar-refractivity contribution in [2.75, 3.05) is 38.0 Å². The number of carbonyl (C=O) groups excluding carboxylic acids is 5. The Balaban J connectivity index is 1.14. The van der Waals surface area contributed by atoms with E-state index in [0.29, 0.717) is 23.4 Å². The number of hydrogen-bond acceptors (Lipinski definition) is 8. The lowest BCUT2D eigenvalue weighted by Gasteiger charge is -2.29. The monoisotopic (exact) mass is 548 g/mol. The number of rotatable bonds is 7. The number of piperidine rings is 1. The molecule has 2 saturated heterocycles. The van der Waals surface area contributed by atoms with Gasteiger partial charge in [-0.1, -0.05) is 18.2 Å². The second-order valence-electron chi connectivity index (χ2n) is 10.2. The molecule has 3 aliphatic rings. The minimum atomic E-state index is -0.675. The van der Waals surface area contributed by atoms with Crippen molar-refractivity contribution >= 4 is 35.4 Å². The third-order valence-electron chi connectivity index (χ3n) is 7.27. The number of esters is 1. The summed E-state index contributed by atoms with van der Waals surface area (Å²) in [4.78, 5) is 65.1. The summed E-state index contributed by atoms with van der Waals surface area (Å²) in [5, 5.41) is 11.1. The van der Waals surface area contributed by atoms with Gasteiger partial charge in [0.25, 0.3) is 5.91 Å². The maximum absolute atomic E-state index is 12.9. The van der Waals surface area contributed by atoms with Crippen molar-refractivity contribution in [3.05, 3.63) is 58.7 Å². The number of urea groups is 1. The molecule has 210 valence electrons. The number of piperazine rings is 1. The molecule has 0 radical (unpaired) electrons. The normalized spacial score (nSPS) is 19.2. The Kier molecular flexibility index (Phi) is 8.08. The zero-order chi connectivity index (χ0) is 28.2. The van der Waals surface area contributed by atoms with E-state index in [2.05, 4.69) is 21.3 Å². The molecule has 4 N–H and O–H groups in total. The van der Waals surface area contributed by atoms with Crippen LogP contribution < -0.4 is 26.0 Å². The van der Waals surface area contributed by atoms with Crippen LogP contribution in [0.25, 0.3) is 0 Å².